The summed E-state index contributed by atoms with van der Waals surface area (Å²) in [6.45, 7) is 0.204. The van der Waals surface area contributed by atoms with E-state index in [1.165, 1.54) is 4.90 Å². The molecule has 106 valence electrons. The summed E-state index contributed by atoms with van der Waals surface area (Å²) in [5, 5.41) is 5.81. The molecule has 8 nitrogen and oxygen atoms in total. The van der Waals surface area contributed by atoms with Crippen LogP contribution >= 0.6 is 0 Å². The first kappa shape index (κ1) is 13.1. The number of rotatable bonds is 2. The van der Waals surface area contributed by atoms with Crippen molar-refractivity contribution < 1.29 is 14.4 Å². The number of amides is 3. The molecule has 8 heteroatoms. The van der Waals surface area contributed by atoms with Crippen LogP contribution in [0.15, 0.2) is 23.3 Å². The number of piperidine rings is 1. The van der Waals surface area contributed by atoms with Gasteiger partial charge in [-0.25, -0.2) is 0 Å². The molecule has 0 spiro atoms. The molecule has 3 rings (SSSR count). The number of hydrogen-bond donors (Lipinski definition) is 1. The first-order chi connectivity index (χ1) is 10.1. The molecule has 1 unspecified atom stereocenters. The average Bonchev–Trinajstić information content (AvgIpc) is 2.78. The van der Waals surface area contributed by atoms with Crippen molar-refractivity contribution >= 4 is 23.4 Å². The molecule has 0 radical (unpaired) electrons. The van der Waals surface area contributed by atoms with Crippen LogP contribution in [0.25, 0.3) is 10.4 Å². The van der Waals surface area contributed by atoms with Crippen molar-refractivity contribution in [1.29, 1.82) is 0 Å². The van der Waals surface area contributed by atoms with Crippen molar-refractivity contribution in [3.8, 4) is 0 Å². The van der Waals surface area contributed by atoms with Crippen LogP contribution < -0.4 is 5.32 Å². The average molecular weight is 285 g/mol. The van der Waals surface area contributed by atoms with Gasteiger partial charge >= 0.3 is 0 Å². The molecule has 2 heterocycles. The maximum Gasteiger partial charge on any atom is 0.255 e. The normalized spacial score (nSPS) is 20.9. The highest BCUT2D eigenvalue weighted by Crippen LogP contribution is 2.33. The molecule has 1 fully saturated rings. The van der Waals surface area contributed by atoms with Gasteiger partial charge in [-0.2, -0.15) is 0 Å². The number of nitrogens with zero attached hydrogens (tertiary/aromatic N) is 4. The summed E-state index contributed by atoms with van der Waals surface area (Å²) in [5.74, 6) is -1.07. The fourth-order valence-corrected chi connectivity index (χ4v) is 2.71. The zero-order chi connectivity index (χ0) is 15.0. The Kier molecular flexibility index (Phi) is 3.08. The van der Waals surface area contributed by atoms with E-state index in [0.717, 1.165) is 0 Å². The summed E-state index contributed by atoms with van der Waals surface area (Å²) in [5.41, 5.74) is 10.00. The standard InChI is InChI=1S/C13H11N5O3/c14-17-16-9-3-1-2-7-8(9)6-18(13(7)21)10-4-5-11(19)15-12(10)20/h1-3,10H,4-6H2,(H,15,19,20). The first-order valence-corrected chi connectivity index (χ1v) is 6.43. The van der Waals surface area contributed by atoms with Crippen molar-refractivity contribution in [2.24, 2.45) is 5.11 Å². The molecule has 0 saturated carbocycles. The van der Waals surface area contributed by atoms with E-state index in [4.69, 9.17) is 5.53 Å². The van der Waals surface area contributed by atoms with E-state index in [2.05, 4.69) is 15.3 Å². The van der Waals surface area contributed by atoms with E-state index in [1.807, 2.05) is 0 Å². The molecule has 3 amide bonds. The van der Waals surface area contributed by atoms with E-state index in [1.54, 1.807) is 18.2 Å². The quantitative estimate of drug-likeness (QED) is 0.383. The minimum absolute atomic E-state index is 0.204. The number of azide groups is 1. The fourth-order valence-electron chi connectivity index (χ4n) is 2.71. The van der Waals surface area contributed by atoms with Gasteiger partial charge in [-0.05, 0) is 23.6 Å². The molecule has 0 aromatic heterocycles. The molecule has 0 aliphatic carbocycles. The van der Waals surface area contributed by atoms with Crippen molar-refractivity contribution in [2.45, 2.75) is 25.4 Å². The van der Waals surface area contributed by atoms with E-state index in [-0.39, 0.29) is 24.8 Å². The van der Waals surface area contributed by atoms with Gasteiger partial charge in [0.05, 0.1) is 0 Å². The lowest BCUT2D eigenvalue weighted by molar-refractivity contribution is -0.136. The van der Waals surface area contributed by atoms with Gasteiger partial charge in [0.25, 0.3) is 5.91 Å². The molecule has 2 aliphatic rings. The van der Waals surface area contributed by atoms with Crippen LogP contribution in [0.4, 0.5) is 5.69 Å². The van der Waals surface area contributed by atoms with Crippen molar-refractivity contribution in [2.75, 3.05) is 0 Å². The second-order valence-electron chi connectivity index (χ2n) is 4.89. The summed E-state index contributed by atoms with van der Waals surface area (Å²) < 4.78 is 0. The van der Waals surface area contributed by atoms with Crippen LogP contribution in [-0.4, -0.2) is 28.7 Å². The van der Waals surface area contributed by atoms with Gasteiger partial charge in [0.2, 0.25) is 11.8 Å². The number of carbonyl (C=O) groups excluding carboxylic acids is 3. The Hall–Kier alpha value is -2.86. The topological polar surface area (TPSA) is 115 Å². The highest BCUT2D eigenvalue weighted by atomic mass is 16.2. The second-order valence-corrected chi connectivity index (χ2v) is 4.89. The first-order valence-electron chi connectivity index (χ1n) is 6.43. The van der Waals surface area contributed by atoms with Crippen LogP contribution in [0.3, 0.4) is 0 Å². The van der Waals surface area contributed by atoms with Gasteiger partial charge in [-0.1, -0.05) is 17.2 Å². The van der Waals surface area contributed by atoms with E-state index < -0.39 is 11.9 Å². The number of nitrogens with one attached hydrogen (secondary N) is 1. The third kappa shape index (κ3) is 2.11. The number of imide groups is 1. The molecule has 1 aromatic rings. The third-order valence-electron chi connectivity index (χ3n) is 3.71. The zero-order valence-electron chi connectivity index (χ0n) is 10.9. The SMILES string of the molecule is [N-]=[N+]=Nc1cccc2c1CN(C1CCC(=O)NC1=O)C2=O. The molecule has 21 heavy (non-hydrogen) atoms. The second kappa shape index (κ2) is 4.92. The third-order valence-corrected chi connectivity index (χ3v) is 3.71. The largest absolute Gasteiger partial charge is 0.322 e. The lowest BCUT2D eigenvalue weighted by Crippen LogP contribution is -2.52. The summed E-state index contributed by atoms with van der Waals surface area (Å²) in [6.07, 6.45) is 0.515. The van der Waals surface area contributed by atoms with Crippen LogP contribution in [0, 0.1) is 0 Å². The maximum absolute atomic E-state index is 12.4. The summed E-state index contributed by atoms with van der Waals surface area (Å²) >= 11 is 0. The maximum atomic E-state index is 12.4. The monoisotopic (exact) mass is 285 g/mol. The van der Waals surface area contributed by atoms with Crippen molar-refractivity contribution in [3.63, 3.8) is 0 Å². The molecular formula is C13H11N5O3. The molecule has 1 N–H and O–H groups in total. The van der Waals surface area contributed by atoms with E-state index in [9.17, 15) is 14.4 Å². The Morgan fingerprint density at radius 1 is 1.33 bits per heavy atom. The predicted molar refractivity (Wildman–Crippen MR) is 71.3 cm³/mol. The fraction of sp³-hybridized carbons (Fsp3) is 0.308. The van der Waals surface area contributed by atoms with Gasteiger partial charge in [-0.3, -0.25) is 19.7 Å². The molecule has 2 aliphatic heterocycles. The van der Waals surface area contributed by atoms with Gasteiger partial charge in [0.1, 0.15) is 6.04 Å². The highest BCUT2D eigenvalue weighted by Gasteiger charge is 2.39. The summed E-state index contributed by atoms with van der Waals surface area (Å²) in [7, 11) is 0. The number of benzene rings is 1. The predicted octanol–water partition coefficient (Wildman–Crippen LogP) is 1.39. The van der Waals surface area contributed by atoms with Gasteiger partial charge in [-0.15, -0.1) is 0 Å². The molecular weight excluding hydrogens is 274 g/mol. The van der Waals surface area contributed by atoms with Gasteiger partial charge < -0.3 is 4.90 Å². The van der Waals surface area contributed by atoms with Gasteiger partial charge in [0, 0.05) is 29.1 Å². The molecule has 1 saturated heterocycles. The Morgan fingerprint density at radius 2 is 2.14 bits per heavy atom. The minimum Gasteiger partial charge on any atom is -0.322 e. The number of fused-ring (bicyclic) bond motifs is 1. The van der Waals surface area contributed by atoms with E-state index >= 15 is 0 Å². The minimum atomic E-state index is -0.665. The van der Waals surface area contributed by atoms with Crippen LogP contribution in [0.1, 0.15) is 28.8 Å². The summed E-state index contributed by atoms with van der Waals surface area (Å²) in [6, 6.07) is 4.23. The number of carbonyl (C=O) groups is 3. The van der Waals surface area contributed by atoms with Crippen molar-refractivity contribution in [1.82, 2.24) is 10.2 Å². The van der Waals surface area contributed by atoms with Crippen molar-refractivity contribution in [3.05, 3.63) is 39.8 Å². The highest BCUT2D eigenvalue weighted by molar-refractivity contribution is 6.05. The smallest absolute Gasteiger partial charge is 0.255 e. The lowest BCUT2D eigenvalue weighted by atomic mass is 10.0. The molecule has 1 aromatic carbocycles. The van der Waals surface area contributed by atoms with E-state index in [0.29, 0.717) is 23.2 Å². The lowest BCUT2D eigenvalue weighted by Gasteiger charge is -2.29. The number of hydrogen-bond acceptors (Lipinski definition) is 4. The Labute approximate surface area is 119 Å². The zero-order valence-corrected chi connectivity index (χ0v) is 10.9. The van der Waals surface area contributed by atoms with Crippen LogP contribution in [-0.2, 0) is 16.1 Å². The Balaban J connectivity index is 1.93. The van der Waals surface area contributed by atoms with Crippen LogP contribution in [0.2, 0.25) is 0 Å². The van der Waals surface area contributed by atoms with Gasteiger partial charge in [0.15, 0.2) is 0 Å². The molecule has 1 atom stereocenters. The van der Waals surface area contributed by atoms with Crippen LogP contribution in [0.5, 0.6) is 0 Å². The Bertz CT molecular complexity index is 708. The summed E-state index contributed by atoms with van der Waals surface area (Å²) in [4.78, 5) is 39.6. The molecule has 0 bridgehead atoms. The Morgan fingerprint density at radius 3 is 2.86 bits per heavy atom.